The standard InChI is InChI=1S/C15H24BrN3O2.HI/c1-15(2,3)19-14(17-4)18-9-10-7-12(20-5)13(21-6)8-11(10)16;/h7-8H,9H2,1-6H3,(H2,17,18,19);1H. The first-order valence-corrected chi connectivity index (χ1v) is 7.49. The highest BCUT2D eigenvalue weighted by molar-refractivity contribution is 14.0. The molecular formula is C15H25BrIN3O2. The molecule has 22 heavy (non-hydrogen) atoms. The zero-order valence-electron chi connectivity index (χ0n) is 13.9. The number of halogens is 2. The number of aliphatic imine (C=N–C) groups is 1. The molecule has 0 heterocycles. The zero-order valence-corrected chi connectivity index (χ0v) is 17.8. The molecule has 0 amide bonds. The van der Waals surface area contributed by atoms with Gasteiger partial charge in [-0.3, -0.25) is 4.99 Å². The number of ether oxygens (including phenoxy) is 2. The van der Waals surface area contributed by atoms with Gasteiger partial charge in [-0.15, -0.1) is 24.0 Å². The van der Waals surface area contributed by atoms with Gasteiger partial charge in [0.05, 0.1) is 14.2 Å². The average Bonchev–Trinajstić information content (AvgIpc) is 2.42. The predicted molar refractivity (Wildman–Crippen MR) is 106 cm³/mol. The third kappa shape index (κ3) is 6.60. The summed E-state index contributed by atoms with van der Waals surface area (Å²) in [5.74, 6) is 2.16. The van der Waals surface area contributed by atoms with Crippen LogP contribution in [-0.2, 0) is 6.54 Å². The number of methoxy groups -OCH3 is 2. The molecule has 1 aromatic carbocycles. The summed E-state index contributed by atoms with van der Waals surface area (Å²) in [5, 5.41) is 6.60. The van der Waals surface area contributed by atoms with Crippen LogP contribution in [0.15, 0.2) is 21.6 Å². The van der Waals surface area contributed by atoms with E-state index in [0.29, 0.717) is 18.0 Å². The largest absolute Gasteiger partial charge is 0.493 e. The quantitative estimate of drug-likeness (QED) is 0.389. The van der Waals surface area contributed by atoms with Gasteiger partial charge in [-0.1, -0.05) is 15.9 Å². The van der Waals surface area contributed by atoms with Gasteiger partial charge in [0, 0.05) is 23.6 Å². The number of nitrogens with zero attached hydrogens (tertiary/aromatic N) is 1. The van der Waals surface area contributed by atoms with Crippen LogP contribution >= 0.6 is 39.9 Å². The first-order valence-electron chi connectivity index (χ1n) is 6.70. The molecule has 2 N–H and O–H groups in total. The summed E-state index contributed by atoms with van der Waals surface area (Å²) < 4.78 is 11.6. The summed E-state index contributed by atoms with van der Waals surface area (Å²) in [6.45, 7) is 6.89. The Labute approximate surface area is 158 Å². The molecule has 5 nitrogen and oxygen atoms in total. The minimum absolute atomic E-state index is 0. The van der Waals surface area contributed by atoms with Crippen molar-refractivity contribution in [2.75, 3.05) is 21.3 Å². The normalized spacial score (nSPS) is 11.5. The number of nitrogens with one attached hydrogen (secondary N) is 2. The maximum absolute atomic E-state index is 5.33. The Bertz CT molecular complexity index is 516. The number of hydrogen-bond acceptors (Lipinski definition) is 3. The second-order valence-corrected chi connectivity index (χ2v) is 6.45. The van der Waals surface area contributed by atoms with Crippen molar-refractivity contribution in [3.63, 3.8) is 0 Å². The molecule has 1 rings (SSSR count). The van der Waals surface area contributed by atoms with E-state index in [4.69, 9.17) is 9.47 Å². The van der Waals surface area contributed by atoms with E-state index in [0.717, 1.165) is 16.0 Å². The topological polar surface area (TPSA) is 54.9 Å². The number of hydrogen-bond donors (Lipinski definition) is 2. The Morgan fingerprint density at radius 2 is 1.73 bits per heavy atom. The minimum atomic E-state index is -0.0450. The SMILES string of the molecule is CN=C(NCc1cc(OC)c(OC)cc1Br)NC(C)(C)C.I. The highest BCUT2D eigenvalue weighted by atomic mass is 127. The Kier molecular flexibility index (Phi) is 9.14. The van der Waals surface area contributed by atoms with Gasteiger partial charge in [0.1, 0.15) is 0 Å². The fraction of sp³-hybridized carbons (Fsp3) is 0.533. The third-order valence-electron chi connectivity index (χ3n) is 2.72. The highest BCUT2D eigenvalue weighted by Crippen LogP contribution is 2.33. The molecule has 1 aromatic rings. The van der Waals surface area contributed by atoms with Crippen LogP contribution in [0.5, 0.6) is 11.5 Å². The number of benzene rings is 1. The molecule has 0 saturated carbocycles. The zero-order chi connectivity index (χ0) is 16.0. The summed E-state index contributed by atoms with van der Waals surface area (Å²) in [5.41, 5.74) is 1.01. The fourth-order valence-electron chi connectivity index (χ4n) is 1.75. The molecule has 0 aliphatic rings. The van der Waals surface area contributed by atoms with Crippen LogP contribution < -0.4 is 20.1 Å². The molecule has 0 bridgehead atoms. The second-order valence-electron chi connectivity index (χ2n) is 5.60. The van der Waals surface area contributed by atoms with Crippen molar-refractivity contribution >= 4 is 45.9 Å². The summed E-state index contributed by atoms with van der Waals surface area (Å²) in [6.07, 6.45) is 0. The molecule has 0 aliphatic carbocycles. The summed E-state index contributed by atoms with van der Waals surface area (Å²) in [7, 11) is 5.01. The van der Waals surface area contributed by atoms with E-state index in [1.54, 1.807) is 21.3 Å². The summed E-state index contributed by atoms with van der Waals surface area (Å²) in [4.78, 5) is 4.22. The van der Waals surface area contributed by atoms with Crippen molar-refractivity contribution in [3.05, 3.63) is 22.2 Å². The highest BCUT2D eigenvalue weighted by Gasteiger charge is 2.13. The molecule has 0 spiro atoms. The molecule has 0 aliphatic heterocycles. The van der Waals surface area contributed by atoms with E-state index in [1.165, 1.54) is 0 Å². The van der Waals surface area contributed by atoms with Crippen molar-refractivity contribution in [1.29, 1.82) is 0 Å². The molecule has 0 unspecified atom stereocenters. The second kappa shape index (κ2) is 9.44. The molecule has 0 fully saturated rings. The van der Waals surface area contributed by atoms with Crippen LogP contribution in [0.25, 0.3) is 0 Å². The smallest absolute Gasteiger partial charge is 0.191 e. The number of rotatable bonds is 4. The molecule has 126 valence electrons. The monoisotopic (exact) mass is 485 g/mol. The first kappa shape index (κ1) is 21.3. The molecular weight excluding hydrogens is 461 g/mol. The Hall–Kier alpha value is -0.700. The van der Waals surface area contributed by atoms with Crippen molar-refractivity contribution in [1.82, 2.24) is 10.6 Å². The van der Waals surface area contributed by atoms with Gasteiger partial charge in [-0.2, -0.15) is 0 Å². The van der Waals surface area contributed by atoms with Crippen LogP contribution in [-0.4, -0.2) is 32.8 Å². The van der Waals surface area contributed by atoms with E-state index in [-0.39, 0.29) is 29.5 Å². The summed E-state index contributed by atoms with van der Waals surface area (Å²) >= 11 is 3.55. The van der Waals surface area contributed by atoms with Gasteiger partial charge >= 0.3 is 0 Å². The van der Waals surface area contributed by atoms with Gasteiger partial charge in [-0.25, -0.2) is 0 Å². The molecule has 0 saturated heterocycles. The molecule has 7 heteroatoms. The van der Waals surface area contributed by atoms with Crippen LogP contribution in [0.3, 0.4) is 0 Å². The Morgan fingerprint density at radius 1 is 1.18 bits per heavy atom. The van der Waals surface area contributed by atoms with Gasteiger partial charge in [0.15, 0.2) is 17.5 Å². The van der Waals surface area contributed by atoms with E-state index < -0.39 is 0 Å². The van der Waals surface area contributed by atoms with Gasteiger partial charge < -0.3 is 20.1 Å². The lowest BCUT2D eigenvalue weighted by Crippen LogP contribution is -2.47. The number of guanidine groups is 1. The van der Waals surface area contributed by atoms with Gasteiger partial charge in [0.25, 0.3) is 0 Å². The van der Waals surface area contributed by atoms with E-state index in [2.05, 4.69) is 52.3 Å². The van der Waals surface area contributed by atoms with Gasteiger partial charge in [-0.05, 0) is 38.5 Å². The lowest BCUT2D eigenvalue weighted by molar-refractivity contribution is 0.354. The summed E-state index contributed by atoms with van der Waals surface area (Å²) in [6, 6.07) is 3.84. The molecule has 0 radical (unpaired) electrons. The average molecular weight is 486 g/mol. The predicted octanol–water partition coefficient (Wildman–Crippen LogP) is 3.55. The van der Waals surface area contributed by atoms with Crippen LogP contribution in [0.2, 0.25) is 0 Å². The first-order chi connectivity index (χ1) is 9.80. The molecule has 0 atom stereocenters. The van der Waals surface area contributed by atoms with Crippen molar-refractivity contribution in [2.24, 2.45) is 4.99 Å². The lowest BCUT2D eigenvalue weighted by atomic mass is 10.1. The molecule has 0 aromatic heterocycles. The van der Waals surface area contributed by atoms with E-state index in [1.807, 2.05) is 12.1 Å². The van der Waals surface area contributed by atoms with E-state index in [9.17, 15) is 0 Å². The van der Waals surface area contributed by atoms with E-state index >= 15 is 0 Å². The maximum atomic E-state index is 5.33. The van der Waals surface area contributed by atoms with Crippen molar-refractivity contribution in [3.8, 4) is 11.5 Å². The van der Waals surface area contributed by atoms with Gasteiger partial charge in [0.2, 0.25) is 0 Å². The third-order valence-corrected chi connectivity index (χ3v) is 3.45. The fourth-order valence-corrected chi connectivity index (χ4v) is 2.21. The lowest BCUT2D eigenvalue weighted by Gasteiger charge is -2.24. The van der Waals surface area contributed by atoms with Crippen LogP contribution in [0.1, 0.15) is 26.3 Å². The van der Waals surface area contributed by atoms with Crippen LogP contribution in [0.4, 0.5) is 0 Å². The minimum Gasteiger partial charge on any atom is -0.493 e. The van der Waals surface area contributed by atoms with Crippen LogP contribution in [0, 0.1) is 0 Å². The Morgan fingerprint density at radius 3 is 2.18 bits per heavy atom. The van der Waals surface area contributed by atoms with Crippen molar-refractivity contribution in [2.45, 2.75) is 32.9 Å². The maximum Gasteiger partial charge on any atom is 0.191 e. The Balaban J connectivity index is 0.00000441. The van der Waals surface area contributed by atoms with Crippen molar-refractivity contribution < 1.29 is 9.47 Å².